The number of nitrogens with zero attached hydrogens (tertiary/aromatic N) is 3. The first kappa shape index (κ1) is 11.0. The fourth-order valence-electron chi connectivity index (χ4n) is 1.70. The molecule has 2 N–H and O–H groups in total. The molecule has 0 unspecified atom stereocenters. The van der Waals surface area contributed by atoms with Gasteiger partial charge in [0, 0.05) is 30.4 Å². The Bertz CT molecular complexity index is 679. The number of H-pyrrole nitrogens is 1. The van der Waals surface area contributed by atoms with E-state index in [1.165, 1.54) is 6.33 Å². The van der Waals surface area contributed by atoms with Gasteiger partial charge in [0.1, 0.15) is 22.9 Å². The minimum absolute atomic E-state index is 0.423. The molecule has 0 amide bonds. The number of hydrogen-bond donors (Lipinski definition) is 2. The van der Waals surface area contributed by atoms with Gasteiger partial charge in [-0.15, -0.1) is 0 Å². The van der Waals surface area contributed by atoms with Crippen LogP contribution in [0, 0.1) is 0 Å². The average Bonchev–Trinajstić information content (AvgIpc) is 2.84. The van der Waals surface area contributed by atoms with Gasteiger partial charge >= 0.3 is 0 Å². The topological polar surface area (TPSA) is 66.5 Å². The summed E-state index contributed by atoms with van der Waals surface area (Å²) >= 11 is 5.78. The molecule has 6 heteroatoms. The van der Waals surface area contributed by atoms with Crippen LogP contribution in [0.4, 0.5) is 5.82 Å². The van der Waals surface area contributed by atoms with Crippen molar-refractivity contribution in [3.8, 4) is 0 Å². The fraction of sp³-hybridized carbons (Fsp3) is 0.0833. The summed E-state index contributed by atoms with van der Waals surface area (Å²) in [7, 11) is 0. The van der Waals surface area contributed by atoms with Gasteiger partial charge in [0.05, 0.1) is 0 Å². The smallest absolute Gasteiger partial charge is 0.137 e. The molecule has 5 nitrogen and oxygen atoms in total. The lowest BCUT2D eigenvalue weighted by molar-refractivity contribution is 1.07. The van der Waals surface area contributed by atoms with Crippen molar-refractivity contribution in [2.45, 2.75) is 6.54 Å². The molecule has 0 aliphatic heterocycles. The summed E-state index contributed by atoms with van der Waals surface area (Å²) in [5.74, 6) is 0.698. The average molecular weight is 260 g/mol. The van der Waals surface area contributed by atoms with Gasteiger partial charge in [-0.05, 0) is 17.7 Å². The van der Waals surface area contributed by atoms with Gasteiger partial charge < -0.3 is 10.3 Å². The third kappa shape index (κ3) is 2.26. The molecule has 0 aliphatic carbocycles. The molecule has 18 heavy (non-hydrogen) atoms. The quantitative estimate of drug-likeness (QED) is 0.710. The predicted molar refractivity (Wildman–Crippen MR) is 70.5 cm³/mol. The summed E-state index contributed by atoms with van der Waals surface area (Å²) in [6.45, 7) is 0.640. The standard InChI is InChI=1S/C12H10ClN5/c13-10-4-11(18-7-17-10)15-5-8-3-9-1-2-14-12(9)16-6-8/h1-4,6-7H,5H2,(H,14,16)(H,15,17,18). The zero-order valence-corrected chi connectivity index (χ0v) is 10.1. The molecular weight excluding hydrogens is 250 g/mol. The molecular formula is C12H10ClN5. The van der Waals surface area contributed by atoms with Crippen LogP contribution >= 0.6 is 11.6 Å². The van der Waals surface area contributed by atoms with Gasteiger partial charge in [0.2, 0.25) is 0 Å². The van der Waals surface area contributed by atoms with Crippen molar-refractivity contribution in [2.24, 2.45) is 0 Å². The van der Waals surface area contributed by atoms with Crippen molar-refractivity contribution in [3.63, 3.8) is 0 Å². The van der Waals surface area contributed by atoms with Crippen LogP contribution < -0.4 is 5.32 Å². The lowest BCUT2D eigenvalue weighted by Crippen LogP contribution is -2.01. The van der Waals surface area contributed by atoms with E-state index in [0.29, 0.717) is 17.5 Å². The highest BCUT2D eigenvalue weighted by molar-refractivity contribution is 6.29. The van der Waals surface area contributed by atoms with Gasteiger partial charge in [-0.3, -0.25) is 0 Å². The first-order chi connectivity index (χ1) is 8.81. The van der Waals surface area contributed by atoms with Gasteiger partial charge in [-0.2, -0.15) is 0 Å². The molecule has 3 aromatic rings. The fourth-order valence-corrected chi connectivity index (χ4v) is 1.85. The highest BCUT2D eigenvalue weighted by atomic mass is 35.5. The second kappa shape index (κ2) is 4.62. The number of rotatable bonds is 3. The van der Waals surface area contributed by atoms with Crippen molar-refractivity contribution in [1.82, 2.24) is 19.9 Å². The van der Waals surface area contributed by atoms with E-state index >= 15 is 0 Å². The molecule has 3 heterocycles. The highest BCUT2D eigenvalue weighted by Crippen LogP contribution is 2.13. The van der Waals surface area contributed by atoms with E-state index in [1.54, 1.807) is 6.07 Å². The van der Waals surface area contributed by atoms with Crippen LogP contribution in [0.3, 0.4) is 0 Å². The molecule has 0 saturated heterocycles. The van der Waals surface area contributed by atoms with Crippen molar-refractivity contribution >= 4 is 28.5 Å². The van der Waals surface area contributed by atoms with Crippen LogP contribution in [-0.4, -0.2) is 19.9 Å². The number of hydrogen-bond acceptors (Lipinski definition) is 4. The van der Waals surface area contributed by atoms with Crippen LogP contribution in [0.5, 0.6) is 0 Å². The normalized spacial score (nSPS) is 10.7. The Hall–Kier alpha value is -2.14. The molecule has 0 aliphatic rings. The van der Waals surface area contributed by atoms with E-state index in [0.717, 1.165) is 16.6 Å². The maximum absolute atomic E-state index is 5.78. The third-order valence-electron chi connectivity index (χ3n) is 2.56. The molecule has 0 spiro atoms. The van der Waals surface area contributed by atoms with Gasteiger partial charge in [-0.25, -0.2) is 15.0 Å². The summed E-state index contributed by atoms with van der Waals surface area (Å²) in [4.78, 5) is 15.3. The summed E-state index contributed by atoms with van der Waals surface area (Å²) < 4.78 is 0. The Morgan fingerprint density at radius 2 is 2.17 bits per heavy atom. The van der Waals surface area contributed by atoms with Crippen molar-refractivity contribution < 1.29 is 0 Å². The minimum atomic E-state index is 0.423. The number of pyridine rings is 1. The molecule has 90 valence electrons. The van der Waals surface area contributed by atoms with Crippen LogP contribution in [0.25, 0.3) is 11.0 Å². The van der Waals surface area contributed by atoms with E-state index in [4.69, 9.17) is 11.6 Å². The Morgan fingerprint density at radius 3 is 3.06 bits per heavy atom. The molecule has 0 fully saturated rings. The van der Waals surface area contributed by atoms with E-state index in [2.05, 4.69) is 31.3 Å². The Morgan fingerprint density at radius 1 is 1.22 bits per heavy atom. The molecule has 0 aromatic carbocycles. The maximum Gasteiger partial charge on any atom is 0.137 e. The van der Waals surface area contributed by atoms with Crippen LogP contribution in [0.1, 0.15) is 5.56 Å². The molecule has 3 rings (SSSR count). The number of halogens is 1. The minimum Gasteiger partial charge on any atom is -0.366 e. The molecule has 0 bridgehead atoms. The molecule has 0 radical (unpaired) electrons. The number of aromatic amines is 1. The van der Waals surface area contributed by atoms with Crippen LogP contribution in [0.15, 0.2) is 36.9 Å². The van der Waals surface area contributed by atoms with Gasteiger partial charge in [0.25, 0.3) is 0 Å². The van der Waals surface area contributed by atoms with E-state index in [9.17, 15) is 0 Å². The Labute approximate surface area is 108 Å². The SMILES string of the molecule is Clc1cc(NCc2cnc3[nH]ccc3c2)ncn1. The summed E-state index contributed by atoms with van der Waals surface area (Å²) in [5.41, 5.74) is 1.97. The van der Waals surface area contributed by atoms with Gasteiger partial charge in [0.15, 0.2) is 0 Å². The maximum atomic E-state index is 5.78. The summed E-state index contributed by atoms with van der Waals surface area (Å²) in [6.07, 6.45) is 5.13. The largest absolute Gasteiger partial charge is 0.366 e. The first-order valence-corrected chi connectivity index (χ1v) is 5.82. The van der Waals surface area contributed by atoms with Gasteiger partial charge in [-0.1, -0.05) is 11.6 Å². The van der Waals surface area contributed by atoms with Crippen LogP contribution in [-0.2, 0) is 6.54 Å². The molecule has 0 saturated carbocycles. The van der Waals surface area contributed by atoms with Crippen molar-refractivity contribution in [2.75, 3.05) is 5.32 Å². The second-order valence-corrected chi connectivity index (χ2v) is 4.23. The summed E-state index contributed by atoms with van der Waals surface area (Å²) in [6, 6.07) is 5.76. The third-order valence-corrected chi connectivity index (χ3v) is 2.77. The Kier molecular flexibility index (Phi) is 2.82. The van der Waals surface area contributed by atoms with E-state index in [1.807, 2.05) is 18.5 Å². The monoisotopic (exact) mass is 259 g/mol. The highest BCUT2D eigenvalue weighted by Gasteiger charge is 2.00. The molecule has 3 aromatic heterocycles. The zero-order valence-electron chi connectivity index (χ0n) is 9.39. The zero-order chi connectivity index (χ0) is 12.4. The van der Waals surface area contributed by atoms with Crippen molar-refractivity contribution in [3.05, 3.63) is 47.6 Å². The lowest BCUT2D eigenvalue weighted by atomic mass is 10.2. The second-order valence-electron chi connectivity index (χ2n) is 3.84. The predicted octanol–water partition coefficient (Wildman–Crippen LogP) is 2.62. The number of anilines is 1. The van der Waals surface area contributed by atoms with Crippen LogP contribution in [0.2, 0.25) is 5.15 Å². The number of nitrogens with one attached hydrogen (secondary N) is 2. The first-order valence-electron chi connectivity index (χ1n) is 5.45. The Balaban J connectivity index is 1.76. The lowest BCUT2D eigenvalue weighted by Gasteiger charge is -2.05. The number of aromatic nitrogens is 4. The van der Waals surface area contributed by atoms with E-state index in [-0.39, 0.29) is 0 Å². The van der Waals surface area contributed by atoms with Crippen molar-refractivity contribution in [1.29, 1.82) is 0 Å². The molecule has 0 atom stereocenters. The number of fused-ring (bicyclic) bond motifs is 1. The summed E-state index contributed by atoms with van der Waals surface area (Å²) in [5, 5.41) is 4.69. The van der Waals surface area contributed by atoms with E-state index < -0.39 is 0 Å².